The van der Waals surface area contributed by atoms with Crippen molar-refractivity contribution in [1.29, 1.82) is 0 Å². The minimum Gasteiger partial charge on any atom is -0.361 e. The second-order valence-corrected chi connectivity index (χ2v) is 8.88. The molecule has 3 fully saturated rings. The van der Waals surface area contributed by atoms with Gasteiger partial charge in [0, 0.05) is 17.6 Å². The van der Waals surface area contributed by atoms with Gasteiger partial charge < -0.3 is 14.5 Å². The average Bonchev–Trinajstić information content (AvgIpc) is 2.71. The van der Waals surface area contributed by atoms with Crippen LogP contribution >= 0.6 is 0 Å². The van der Waals surface area contributed by atoms with Crippen molar-refractivity contribution < 1.29 is 18.7 Å². The van der Waals surface area contributed by atoms with E-state index in [-0.39, 0.29) is 29.7 Å². The Kier molecular flexibility index (Phi) is 5.17. The predicted molar refractivity (Wildman–Crippen MR) is 104 cm³/mol. The number of halogens is 1. The summed E-state index contributed by atoms with van der Waals surface area (Å²) in [7, 11) is 0. The van der Waals surface area contributed by atoms with Crippen molar-refractivity contribution >= 4 is 17.5 Å². The van der Waals surface area contributed by atoms with E-state index in [1.165, 1.54) is 18.6 Å². The Morgan fingerprint density at radius 3 is 2.46 bits per heavy atom. The first-order chi connectivity index (χ1) is 13.4. The van der Waals surface area contributed by atoms with Crippen LogP contribution in [0.3, 0.4) is 0 Å². The Hall–Kier alpha value is -1.95. The number of carbonyl (C=O) groups is 2. The number of hydrogen-bond acceptors (Lipinski definition) is 3. The summed E-state index contributed by atoms with van der Waals surface area (Å²) < 4.78 is 19.3. The van der Waals surface area contributed by atoms with E-state index in [1.807, 2.05) is 4.90 Å². The summed E-state index contributed by atoms with van der Waals surface area (Å²) >= 11 is 0. The van der Waals surface area contributed by atoms with Gasteiger partial charge in [0.25, 0.3) is 5.91 Å². The molecule has 28 heavy (non-hydrogen) atoms. The molecule has 2 amide bonds. The Bertz CT molecular complexity index is 745. The van der Waals surface area contributed by atoms with E-state index in [4.69, 9.17) is 4.74 Å². The molecule has 1 spiro atoms. The summed E-state index contributed by atoms with van der Waals surface area (Å²) in [6, 6.07) is 5.98. The molecule has 152 valence electrons. The van der Waals surface area contributed by atoms with Gasteiger partial charge in [0.2, 0.25) is 5.91 Å². The van der Waals surface area contributed by atoms with Crippen LogP contribution in [0.2, 0.25) is 0 Å². The van der Waals surface area contributed by atoms with Crippen LogP contribution in [0.15, 0.2) is 24.3 Å². The molecule has 4 rings (SSSR count). The standard InChI is InChI=1S/C22H29FN2O3/c1-21(10-3-2-4-11-21)20(27)24-13-5-12-22(15-24)16-25(19(26)14-28-22)18-8-6-17(23)7-9-18/h6-9H,2-5,10-16H2,1H3. The first kappa shape index (κ1) is 19.4. The third kappa shape index (κ3) is 3.66. The first-order valence-corrected chi connectivity index (χ1v) is 10.4. The quantitative estimate of drug-likeness (QED) is 0.779. The zero-order chi connectivity index (χ0) is 19.8. The van der Waals surface area contributed by atoms with Crippen molar-refractivity contribution in [2.45, 2.75) is 57.5 Å². The van der Waals surface area contributed by atoms with E-state index in [2.05, 4.69) is 6.92 Å². The number of ether oxygens (including phenoxy) is 1. The SMILES string of the molecule is CC1(C(=O)N2CCCC3(C2)CN(c2ccc(F)cc2)C(=O)CO3)CCCCC1. The number of amides is 2. The van der Waals surface area contributed by atoms with Gasteiger partial charge in [-0.05, 0) is 49.9 Å². The Morgan fingerprint density at radius 1 is 1.04 bits per heavy atom. The van der Waals surface area contributed by atoms with Gasteiger partial charge >= 0.3 is 0 Å². The van der Waals surface area contributed by atoms with Crippen molar-refractivity contribution in [2.24, 2.45) is 5.41 Å². The van der Waals surface area contributed by atoms with E-state index < -0.39 is 5.60 Å². The van der Waals surface area contributed by atoms with Crippen molar-refractivity contribution in [3.8, 4) is 0 Å². The first-order valence-electron chi connectivity index (χ1n) is 10.4. The molecular formula is C22H29FN2O3. The van der Waals surface area contributed by atoms with E-state index in [1.54, 1.807) is 17.0 Å². The highest BCUT2D eigenvalue weighted by Gasteiger charge is 2.47. The van der Waals surface area contributed by atoms with E-state index in [0.29, 0.717) is 18.8 Å². The Balaban J connectivity index is 1.51. The molecule has 1 aliphatic carbocycles. The van der Waals surface area contributed by atoms with Gasteiger partial charge in [0.15, 0.2) is 0 Å². The zero-order valence-corrected chi connectivity index (χ0v) is 16.6. The summed E-state index contributed by atoms with van der Waals surface area (Å²) in [6.45, 7) is 3.77. The fraction of sp³-hybridized carbons (Fsp3) is 0.636. The lowest BCUT2D eigenvalue weighted by molar-refractivity contribution is -0.160. The van der Waals surface area contributed by atoms with Gasteiger partial charge in [-0.1, -0.05) is 26.2 Å². The molecule has 1 saturated carbocycles. The lowest BCUT2D eigenvalue weighted by Crippen LogP contribution is -2.63. The van der Waals surface area contributed by atoms with Crippen molar-refractivity contribution in [3.05, 3.63) is 30.1 Å². The monoisotopic (exact) mass is 388 g/mol. The third-order valence-corrected chi connectivity index (χ3v) is 6.69. The molecule has 2 aliphatic heterocycles. The molecule has 1 atom stereocenters. The maximum atomic E-state index is 13.3. The van der Waals surface area contributed by atoms with Crippen molar-refractivity contribution in [1.82, 2.24) is 4.90 Å². The second-order valence-electron chi connectivity index (χ2n) is 8.88. The number of carbonyl (C=O) groups excluding carboxylic acids is 2. The van der Waals surface area contributed by atoms with E-state index in [0.717, 1.165) is 45.1 Å². The maximum absolute atomic E-state index is 13.3. The Morgan fingerprint density at radius 2 is 1.75 bits per heavy atom. The molecule has 2 saturated heterocycles. The normalized spacial score (nSPS) is 27.9. The topological polar surface area (TPSA) is 49.9 Å². The third-order valence-electron chi connectivity index (χ3n) is 6.69. The van der Waals surface area contributed by atoms with Gasteiger partial charge in [0.1, 0.15) is 18.0 Å². The van der Waals surface area contributed by atoms with Crippen LogP contribution in [-0.4, -0.2) is 48.6 Å². The highest BCUT2D eigenvalue weighted by molar-refractivity contribution is 5.95. The summed E-state index contributed by atoms with van der Waals surface area (Å²) in [5.74, 6) is -0.214. The van der Waals surface area contributed by atoms with Crippen molar-refractivity contribution in [2.75, 3.05) is 31.1 Å². The highest BCUT2D eigenvalue weighted by atomic mass is 19.1. The van der Waals surface area contributed by atoms with Gasteiger partial charge in [0.05, 0.1) is 13.1 Å². The maximum Gasteiger partial charge on any atom is 0.253 e. The van der Waals surface area contributed by atoms with Gasteiger partial charge in [-0.2, -0.15) is 0 Å². The molecule has 0 N–H and O–H groups in total. The number of likely N-dealkylation sites (tertiary alicyclic amines) is 1. The highest BCUT2D eigenvalue weighted by Crippen LogP contribution is 2.40. The fourth-order valence-corrected chi connectivity index (χ4v) is 5.02. The number of morpholine rings is 1. The number of hydrogen-bond donors (Lipinski definition) is 0. The van der Waals surface area contributed by atoms with E-state index in [9.17, 15) is 14.0 Å². The van der Waals surface area contributed by atoms with Crippen LogP contribution in [0.5, 0.6) is 0 Å². The molecule has 0 radical (unpaired) electrons. The average molecular weight is 388 g/mol. The molecule has 5 nitrogen and oxygen atoms in total. The number of benzene rings is 1. The molecular weight excluding hydrogens is 359 g/mol. The van der Waals surface area contributed by atoms with Crippen LogP contribution < -0.4 is 4.90 Å². The minimum atomic E-state index is -0.540. The molecule has 2 heterocycles. The molecule has 1 unspecified atom stereocenters. The second kappa shape index (κ2) is 7.47. The van der Waals surface area contributed by atoms with Crippen LogP contribution in [0.25, 0.3) is 0 Å². The summed E-state index contributed by atoms with van der Waals surface area (Å²) in [6.07, 6.45) is 7.04. The molecule has 3 aliphatic rings. The van der Waals surface area contributed by atoms with Gasteiger partial charge in [-0.3, -0.25) is 9.59 Å². The summed E-state index contributed by atoms with van der Waals surface area (Å²) in [5.41, 5.74) is -0.129. The predicted octanol–water partition coefficient (Wildman–Crippen LogP) is 3.52. The zero-order valence-electron chi connectivity index (χ0n) is 16.6. The molecule has 6 heteroatoms. The van der Waals surface area contributed by atoms with E-state index >= 15 is 0 Å². The van der Waals surface area contributed by atoms with Crippen LogP contribution in [-0.2, 0) is 14.3 Å². The number of anilines is 1. The van der Waals surface area contributed by atoms with Crippen LogP contribution in [0.1, 0.15) is 51.9 Å². The van der Waals surface area contributed by atoms with Gasteiger partial charge in [-0.25, -0.2) is 4.39 Å². The lowest BCUT2D eigenvalue weighted by Gasteiger charge is -2.49. The van der Waals surface area contributed by atoms with Crippen LogP contribution in [0.4, 0.5) is 10.1 Å². The largest absolute Gasteiger partial charge is 0.361 e. The number of piperidine rings is 1. The lowest BCUT2D eigenvalue weighted by atomic mass is 9.74. The number of nitrogens with zero attached hydrogens (tertiary/aromatic N) is 2. The van der Waals surface area contributed by atoms with Crippen molar-refractivity contribution in [3.63, 3.8) is 0 Å². The molecule has 0 bridgehead atoms. The molecule has 1 aromatic carbocycles. The van der Waals surface area contributed by atoms with Gasteiger partial charge in [-0.15, -0.1) is 0 Å². The summed E-state index contributed by atoms with van der Waals surface area (Å²) in [4.78, 5) is 29.4. The smallest absolute Gasteiger partial charge is 0.253 e. The molecule has 0 aromatic heterocycles. The fourth-order valence-electron chi connectivity index (χ4n) is 5.02. The van der Waals surface area contributed by atoms with Crippen LogP contribution in [0, 0.1) is 11.2 Å². The Labute approximate surface area is 165 Å². The summed E-state index contributed by atoms with van der Waals surface area (Å²) in [5, 5.41) is 0. The molecule has 1 aromatic rings. The minimum absolute atomic E-state index is 0.00330. The number of rotatable bonds is 2.